The fourth-order valence-electron chi connectivity index (χ4n) is 3.06. The Morgan fingerprint density at radius 3 is 2.72 bits per heavy atom. The second-order valence-corrected chi connectivity index (χ2v) is 6.47. The monoisotopic (exact) mass is 396 g/mol. The molecule has 0 saturated carbocycles. The molecule has 0 bridgehead atoms. The predicted molar refractivity (Wildman–Crippen MR) is 110 cm³/mol. The van der Waals surface area contributed by atoms with Gasteiger partial charge in [-0.3, -0.25) is 0 Å². The van der Waals surface area contributed by atoms with Crippen LogP contribution >= 0.6 is 0 Å². The molecule has 3 heterocycles. The fourth-order valence-corrected chi connectivity index (χ4v) is 3.06. The summed E-state index contributed by atoms with van der Waals surface area (Å²) in [6.07, 6.45) is 3.86. The molecule has 0 amide bonds. The summed E-state index contributed by atoms with van der Waals surface area (Å²) in [6, 6.07) is 3.01. The van der Waals surface area contributed by atoms with Gasteiger partial charge in [0.15, 0.2) is 5.75 Å². The van der Waals surface area contributed by atoms with Crippen LogP contribution in [0, 0.1) is 12.7 Å². The van der Waals surface area contributed by atoms with Crippen molar-refractivity contribution in [3.05, 3.63) is 36.2 Å². The van der Waals surface area contributed by atoms with Gasteiger partial charge in [-0.05, 0) is 32.0 Å². The molecule has 10 heteroatoms. The predicted octanol–water partition coefficient (Wildman–Crippen LogP) is 2.94. The number of H-pyrrole nitrogens is 1. The molecular formula is C19H21FN8O. The molecule has 0 atom stereocenters. The minimum atomic E-state index is -0.354. The van der Waals surface area contributed by atoms with Crippen LogP contribution in [0.3, 0.4) is 0 Å². The second-order valence-electron chi connectivity index (χ2n) is 6.47. The number of nitrogens with two attached hydrogens (primary N) is 1. The molecule has 5 N–H and O–H groups in total. The van der Waals surface area contributed by atoms with Crippen molar-refractivity contribution >= 4 is 33.4 Å². The summed E-state index contributed by atoms with van der Waals surface area (Å²) < 4.78 is 19.9. The quantitative estimate of drug-likeness (QED) is 0.351. The van der Waals surface area contributed by atoms with Crippen molar-refractivity contribution in [2.45, 2.75) is 13.3 Å². The fraction of sp³-hybridized carbons (Fsp3) is 0.263. The highest BCUT2D eigenvalue weighted by atomic mass is 19.1. The van der Waals surface area contributed by atoms with E-state index in [1.165, 1.54) is 12.1 Å². The van der Waals surface area contributed by atoms with E-state index in [-0.39, 0.29) is 11.8 Å². The first-order valence-electron chi connectivity index (χ1n) is 9.20. The van der Waals surface area contributed by atoms with Crippen molar-refractivity contribution in [3.63, 3.8) is 0 Å². The highest BCUT2D eigenvalue weighted by molar-refractivity contribution is 6.14. The summed E-state index contributed by atoms with van der Waals surface area (Å²) in [5, 5.41) is 7.61. The van der Waals surface area contributed by atoms with Crippen molar-refractivity contribution in [3.8, 4) is 11.8 Å². The van der Waals surface area contributed by atoms with Crippen LogP contribution in [0.2, 0.25) is 0 Å². The molecule has 29 heavy (non-hydrogen) atoms. The SMILES string of the molecule is CNc1cc(F)cc2c1[nH]c1nc(Oc3cnc(C)nc3)nc(NCCCN)c12. The Hall–Kier alpha value is -3.53. The number of hydrogen-bond donors (Lipinski definition) is 4. The molecule has 0 aliphatic heterocycles. The van der Waals surface area contributed by atoms with Gasteiger partial charge in [0.25, 0.3) is 0 Å². The van der Waals surface area contributed by atoms with Crippen LogP contribution in [0.4, 0.5) is 15.9 Å². The Morgan fingerprint density at radius 2 is 2.00 bits per heavy atom. The van der Waals surface area contributed by atoms with Crippen LogP contribution in [0.5, 0.6) is 11.8 Å². The molecule has 150 valence electrons. The number of aromatic amines is 1. The van der Waals surface area contributed by atoms with E-state index in [0.717, 1.165) is 11.9 Å². The van der Waals surface area contributed by atoms with E-state index in [9.17, 15) is 4.39 Å². The molecule has 0 unspecified atom stereocenters. The number of anilines is 2. The summed E-state index contributed by atoms with van der Waals surface area (Å²) in [5.74, 6) is 1.23. The molecule has 0 saturated heterocycles. The van der Waals surface area contributed by atoms with Gasteiger partial charge >= 0.3 is 6.01 Å². The first kappa shape index (κ1) is 18.8. The molecule has 0 radical (unpaired) electrons. The number of benzene rings is 1. The maximum Gasteiger partial charge on any atom is 0.326 e. The largest absolute Gasteiger partial charge is 0.421 e. The maximum atomic E-state index is 14.2. The van der Waals surface area contributed by atoms with E-state index in [1.807, 2.05) is 0 Å². The first-order chi connectivity index (χ1) is 14.1. The summed E-state index contributed by atoms with van der Waals surface area (Å²) in [6.45, 7) is 2.93. The van der Waals surface area contributed by atoms with Crippen LogP contribution in [-0.4, -0.2) is 45.1 Å². The van der Waals surface area contributed by atoms with E-state index < -0.39 is 0 Å². The Morgan fingerprint density at radius 1 is 1.21 bits per heavy atom. The minimum absolute atomic E-state index is 0.123. The minimum Gasteiger partial charge on any atom is -0.421 e. The highest BCUT2D eigenvalue weighted by Gasteiger charge is 2.17. The van der Waals surface area contributed by atoms with Gasteiger partial charge in [0.05, 0.1) is 29.0 Å². The number of halogens is 1. The Labute approximate surface area is 165 Å². The number of hydrogen-bond acceptors (Lipinski definition) is 8. The van der Waals surface area contributed by atoms with Crippen molar-refractivity contribution < 1.29 is 9.13 Å². The molecule has 0 spiro atoms. The lowest BCUT2D eigenvalue weighted by Gasteiger charge is -2.09. The zero-order chi connectivity index (χ0) is 20.4. The molecule has 1 aromatic carbocycles. The van der Waals surface area contributed by atoms with E-state index in [1.54, 1.807) is 26.4 Å². The van der Waals surface area contributed by atoms with Gasteiger partial charge in [-0.2, -0.15) is 9.97 Å². The highest BCUT2D eigenvalue weighted by Crippen LogP contribution is 2.35. The number of nitrogens with one attached hydrogen (secondary N) is 3. The standard InChI is InChI=1S/C19H21FN8O/c1-10-24-8-12(9-25-10)29-19-27-17(23-5-3-4-21)15-13-6-11(20)7-14(22-2)16(13)26-18(15)28-19/h6-9,22H,3-5,21H2,1-2H3,(H2,23,26,27,28). The Bertz CT molecular complexity index is 1160. The average molecular weight is 396 g/mol. The van der Waals surface area contributed by atoms with Crippen LogP contribution < -0.4 is 21.1 Å². The summed E-state index contributed by atoms with van der Waals surface area (Å²) >= 11 is 0. The average Bonchev–Trinajstić information content (AvgIpc) is 3.07. The number of ether oxygens (including phenoxy) is 1. The van der Waals surface area contributed by atoms with Crippen molar-refractivity contribution in [1.29, 1.82) is 0 Å². The zero-order valence-electron chi connectivity index (χ0n) is 16.1. The normalized spacial score (nSPS) is 11.2. The number of aromatic nitrogens is 5. The van der Waals surface area contributed by atoms with Crippen LogP contribution in [-0.2, 0) is 0 Å². The Kier molecular flexibility index (Phi) is 5.09. The third kappa shape index (κ3) is 3.74. The topological polar surface area (TPSA) is 127 Å². The van der Waals surface area contributed by atoms with Crippen molar-refractivity contribution in [1.82, 2.24) is 24.9 Å². The van der Waals surface area contributed by atoms with Gasteiger partial charge < -0.3 is 26.1 Å². The smallest absolute Gasteiger partial charge is 0.326 e. The lowest BCUT2D eigenvalue weighted by atomic mass is 10.1. The number of nitrogens with zero attached hydrogens (tertiary/aromatic N) is 4. The molecule has 4 aromatic rings. The molecule has 0 aliphatic rings. The third-order valence-corrected chi connectivity index (χ3v) is 4.41. The van der Waals surface area contributed by atoms with Crippen molar-refractivity contribution in [2.24, 2.45) is 5.73 Å². The van der Waals surface area contributed by atoms with E-state index in [4.69, 9.17) is 10.5 Å². The lowest BCUT2D eigenvalue weighted by Crippen LogP contribution is -2.10. The maximum absolute atomic E-state index is 14.2. The number of rotatable bonds is 7. The van der Waals surface area contributed by atoms with Crippen molar-refractivity contribution in [2.75, 3.05) is 30.8 Å². The van der Waals surface area contributed by atoms with Gasteiger partial charge in [-0.15, -0.1) is 0 Å². The molecule has 4 rings (SSSR count). The van der Waals surface area contributed by atoms with E-state index in [0.29, 0.717) is 52.6 Å². The van der Waals surface area contributed by atoms with E-state index in [2.05, 4.69) is 35.6 Å². The van der Waals surface area contributed by atoms with Gasteiger partial charge in [0.1, 0.15) is 23.1 Å². The Balaban J connectivity index is 1.85. The second kappa shape index (κ2) is 7.84. The summed E-state index contributed by atoms with van der Waals surface area (Å²) in [5.41, 5.74) is 7.48. The molecule has 3 aromatic heterocycles. The molecule has 0 aliphatic carbocycles. The first-order valence-corrected chi connectivity index (χ1v) is 9.20. The number of aryl methyl sites for hydroxylation is 1. The van der Waals surface area contributed by atoms with E-state index >= 15 is 0 Å². The van der Waals surface area contributed by atoms with Gasteiger partial charge in [0.2, 0.25) is 0 Å². The van der Waals surface area contributed by atoms with Gasteiger partial charge in [-0.25, -0.2) is 14.4 Å². The van der Waals surface area contributed by atoms with Gasteiger partial charge in [-0.1, -0.05) is 0 Å². The lowest BCUT2D eigenvalue weighted by molar-refractivity contribution is 0.440. The summed E-state index contributed by atoms with van der Waals surface area (Å²) in [4.78, 5) is 20.4. The summed E-state index contributed by atoms with van der Waals surface area (Å²) in [7, 11) is 1.73. The van der Waals surface area contributed by atoms with Crippen LogP contribution in [0.1, 0.15) is 12.2 Å². The third-order valence-electron chi connectivity index (χ3n) is 4.41. The number of fused-ring (bicyclic) bond motifs is 3. The zero-order valence-corrected chi connectivity index (χ0v) is 16.1. The molecule has 0 fully saturated rings. The molecular weight excluding hydrogens is 375 g/mol. The molecule has 9 nitrogen and oxygen atoms in total. The van der Waals surface area contributed by atoms with Crippen LogP contribution in [0.25, 0.3) is 21.9 Å². The van der Waals surface area contributed by atoms with Crippen LogP contribution in [0.15, 0.2) is 24.5 Å². The van der Waals surface area contributed by atoms with Gasteiger partial charge in [0, 0.05) is 19.0 Å².